The molecule has 1 aliphatic carbocycles. The summed E-state index contributed by atoms with van der Waals surface area (Å²) < 4.78 is 25.8. The lowest BCUT2D eigenvalue weighted by Gasteiger charge is -2.20. The van der Waals surface area contributed by atoms with E-state index < -0.39 is 17.4 Å². The normalized spacial score (nSPS) is 42.4. The third-order valence-corrected chi connectivity index (χ3v) is 3.67. The van der Waals surface area contributed by atoms with Crippen molar-refractivity contribution in [2.75, 3.05) is 13.1 Å². The fraction of sp³-hybridized carbons (Fsp3) is 1.00. The first-order valence-corrected chi connectivity index (χ1v) is 5.21. The molecular formula is C10H17F2NO. The molecule has 0 spiro atoms. The molecule has 2 N–H and O–H groups in total. The smallest absolute Gasteiger partial charge is 0.254 e. The van der Waals surface area contributed by atoms with Crippen LogP contribution < -0.4 is 5.32 Å². The Morgan fingerprint density at radius 3 is 2.64 bits per heavy atom. The average molecular weight is 205 g/mol. The van der Waals surface area contributed by atoms with Crippen LogP contribution >= 0.6 is 0 Å². The molecule has 82 valence electrons. The van der Waals surface area contributed by atoms with Crippen molar-refractivity contribution in [3.8, 4) is 0 Å². The van der Waals surface area contributed by atoms with Gasteiger partial charge < -0.3 is 10.4 Å². The van der Waals surface area contributed by atoms with Crippen LogP contribution in [0, 0.1) is 11.3 Å². The molecule has 0 bridgehead atoms. The Kier molecular flexibility index (Phi) is 2.31. The first-order valence-electron chi connectivity index (χ1n) is 5.21. The Hall–Kier alpha value is -0.220. The summed E-state index contributed by atoms with van der Waals surface area (Å²) in [5.74, 6) is -2.37. The third-order valence-electron chi connectivity index (χ3n) is 3.67. The second-order valence-electron chi connectivity index (χ2n) is 4.97. The van der Waals surface area contributed by atoms with Gasteiger partial charge in [0.2, 0.25) is 0 Å². The fourth-order valence-corrected chi connectivity index (χ4v) is 2.30. The highest BCUT2D eigenvalue weighted by atomic mass is 19.3. The highest BCUT2D eigenvalue weighted by Gasteiger charge is 2.68. The van der Waals surface area contributed by atoms with E-state index in [9.17, 15) is 13.9 Å². The molecule has 1 saturated carbocycles. The van der Waals surface area contributed by atoms with E-state index >= 15 is 0 Å². The largest absolute Gasteiger partial charge is 0.393 e. The molecule has 0 aromatic rings. The molecular weight excluding hydrogens is 188 g/mol. The van der Waals surface area contributed by atoms with Crippen LogP contribution in [0.5, 0.6) is 0 Å². The van der Waals surface area contributed by atoms with Crippen LogP contribution in [0.2, 0.25) is 0 Å². The van der Waals surface area contributed by atoms with Crippen LogP contribution in [0.15, 0.2) is 0 Å². The molecule has 2 fully saturated rings. The Morgan fingerprint density at radius 2 is 2.21 bits per heavy atom. The van der Waals surface area contributed by atoms with Crippen molar-refractivity contribution in [3.63, 3.8) is 0 Å². The van der Waals surface area contributed by atoms with Crippen LogP contribution in [0.4, 0.5) is 8.78 Å². The van der Waals surface area contributed by atoms with Gasteiger partial charge in [0, 0.05) is 18.4 Å². The second kappa shape index (κ2) is 3.14. The Balaban J connectivity index is 1.86. The highest BCUT2D eigenvalue weighted by Crippen LogP contribution is 2.63. The number of hydrogen-bond donors (Lipinski definition) is 2. The first kappa shape index (κ1) is 10.3. The van der Waals surface area contributed by atoms with Gasteiger partial charge in [-0.05, 0) is 25.3 Å². The maximum Gasteiger partial charge on any atom is 0.254 e. The van der Waals surface area contributed by atoms with Crippen molar-refractivity contribution in [3.05, 3.63) is 0 Å². The van der Waals surface area contributed by atoms with E-state index in [1.807, 2.05) is 0 Å². The lowest BCUT2D eigenvalue weighted by atomic mass is 9.91. The number of halogens is 2. The molecule has 0 radical (unpaired) electrons. The minimum absolute atomic E-state index is 0.0583. The third kappa shape index (κ3) is 1.65. The maximum absolute atomic E-state index is 12.9. The molecule has 2 nitrogen and oxygen atoms in total. The summed E-state index contributed by atoms with van der Waals surface area (Å²) in [5.41, 5.74) is -0.936. The number of hydrogen-bond acceptors (Lipinski definition) is 2. The van der Waals surface area contributed by atoms with Crippen molar-refractivity contribution in [2.45, 2.75) is 38.2 Å². The Bertz CT molecular complexity index is 228. The van der Waals surface area contributed by atoms with E-state index in [1.54, 1.807) is 6.92 Å². The fourth-order valence-electron chi connectivity index (χ4n) is 2.30. The summed E-state index contributed by atoms with van der Waals surface area (Å²) in [6.07, 6.45) is 0.523. The molecule has 0 aromatic carbocycles. The molecule has 1 heterocycles. The lowest BCUT2D eigenvalue weighted by molar-refractivity contribution is 0.0270. The number of alkyl halides is 2. The van der Waals surface area contributed by atoms with Gasteiger partial charge in [-0.1, -0.05) is 6.92 Å². The van der Waals surface area contributed by atoms with E-state index in [2.05, 4.69) is 5.32 Å². The number of nitrogens with one attached hydrogen (secondary N) is 1. The van der Waals surface area contributed by atoms with Gasteiger partial charge in [-0.25, -0.2) is 8.78 Å². The van der Waals surface area contributed by atoms with Crippen molar-refractivity contribution < 1.29 is 13.9 Å². The van der Waals surface area contributed by atoms with Gasteiger partial charge in [0.25, 0.3) is 5.92 Å². The van der Waals surface area contributed by atoms with Gasteiger partial charge in [0.05, 0.1) is 6.10 Å². The standard InChI is InChI=1S/C10H17F2NO/c1-9(6-10(9,11)12)4-8(14)7-2-3-13-5-7/h7-8,13-14H,2-6H2,1H3. The molecule has 2 aliphatic rings. The van der Waals surface area contributed by atoms with Gasteiger partial charge >= 0.3 is 0 Å². The topological polar surface area (TPSA) is 32.3 Å². The zero-order valence-corrected chi connectivity index (χ0v) is 8.39. The van der Waals surface area contributed by atoms with Crippen LogP contribution in [0.1, 0.15) is 26.2 Å². The van der Waals surface area contributed by atoms with Gasteiger partial charge in [0.15, 0.2) is 0 Å². The van der Waals surface area contributed by atoms with Gasteiger partial charge in [0.1, 0.15) is 0 Å². The van der Waals surface area contributed by atoms with E-state index in [4.69, 9.17) is 0 Å². The molecule has 0 aromatic heterocycles. The summed E-state index contributed by atoms with van der Waals surface area (Å²) in [7, 11) is 0. The Morgan fingerprint density at radius 1 is 1.57 bits per heavy atom. The van der Waals surface area contributed by atoms with Crippen LogP contribution in [-0.2, 0) is 0 Å². The van der Waals surface area contributed by atoms with E-state index in [0.29, 0.717) is 0 Å². The Labute approximate surface area is 82.7 Å². The zero-order chi connectivity index (χ0) is 10.4. The molecule has 3 atom stereocenters. The molecule has 1 saturated heterocycles. The van der Waals surface area contributed by atoms with Crippen molar-refractivity contribution in [1.29, 1.82) is 0 Å². The summed E-state index contributed by atoms with van der Waals surface area (Å²) in [6, 6.07) is 0. The van der Waals surface area contributed by atoms with E-state index in [1.165, 1.54) is 0 Å². The average Bonchev–Trinajstić information content (AvgIpc) is 2.55. The molecule has 1 aliphatic heterocycles. The number of aliphatic hydroxyl groups is 1. The predicted molar refractivity (Wildman–Crippen MR) is 49.3 cm³/mol. The summed E-state index contributed by atoms with van der Waals surface area (Å²) in [5, 5.41) is 12.9. The van der Waals surface area contributed by atoms with Crippen LogP contribution in [0.25, 0.3) is 0 Å². The molecule has 0 amide bonds. The number of aliphatic hydroxyl groups excluding tert-OH is 1. The monoisotopic (exact) mass is 205 g/mol. The van der Waals surface area contributed by atoms with E-state index in [-0.39, 0.29) is 18.8 Å². The summed E-state index contributed by atoms with van der Waals surface area (Å²) in [4.78, 5) is 0. The van der Waals surface area contributed by atoms with Gasteiger partial charge in [-0.2, -0.15) is 0 Å². The predicted octanol–water partition coefficient (Wildman–Crippen LogP) is 1.39. The molecule has 14 heavy (non-hydrogen) atoms. The zero-order valence-electron chi connectivity index (χ0n) is 8.39. The van der Waals surface area contributed by atoms with Crippen molar-refractivity contribution >= 4 is 0 Å². The summed E-state index contributed by atoms with van der Waals surface area (Å²) >= 11 is 0. The minimum atomic E-state index is -2.54. The summed E-state index contributed by atoms with van der Waals surface area (Å²) in [6.45, 7) is 3.23. The van der Waals surface area contributed by atoms with Crippen LogP contribution in [-0.4, -0.2) is 30.2 Å². The molecule has 3 unspecified atom stereocenters. The van der Waals surface area contributed by atoms with E-state index in [0.717, 1.165) is 19.5 Å². The highest BCUT2D eigenvalue weighted by molar-refractivity contribution is 5.08. The minimum Gasteiger partial charge on any atom is -0.393 e. The molecule has 4 heteroatoms. The quantitative estimate of drug-likeness (QED) is 0.729. The number of rotatable bonds is 3. The second-order valence-corrected chi connectivity index (χ2v) is 4.97. The van der Waals surface area contributed by atoms with Crippen molar-refractivity contribution in [2.24, 2.45) is 11.3 Å². The SMILES string of the molecule is CC1(CC(O)C2CCNC2)CC1(F)F. The molecule has 2 rings (SSSR count). The lowest BCUT2D eigenvalue weighted by Crippen LogP contribution is -2.27. The maximum atomic E-state index is 12.9. The van der Waals surface area contributed by atoms with Crippen LogP contribution in [0.3, 0.4) is 0 Å². The van der Waals surface area contributed by atoms with Gasteiger partial charge in [-0.3, -0.25) is 0 Å². The first-order chi connectivity index (χ1) is 6.45. The van der Waals surface area contributed by atoms with Crippen molar-refractivity contribution in [1.82, 2.24) is 5.32 Å². The van der Waals surface area contributed by atoms with Gasteiger partial charge in [-0.15, -0.1) is 0 Å².